The van der Waals surface area contributed by atoms with Gasteiger partial charge in [-0.05, 0) is 18.2 Å². The number of carbonyl (C=O) groups excluding carboxylic acids is 4. The average molecular weight is 568 g/mol. The van der Waals surface area contributed by atoms with E-state index in [-0.39, 0.29) is 16.9 Å². The van der Waals surface area contributed by atoms with Crippen LogP contribution in [0.25, 0.3) is 0 Å². The van der Waals surface area contributed by atoms with Crippen LogP contribution in [0.1, 0.15) is 15.9 Å². The minimum atomic E-state index is -6.09. The van der Waals surface area contributed by atoms with Gasteiger partial charge >= 0.3 is 39.2 Å². The zero-order chi connectivity index (χ0) is 28.1. The Morgan fingerprint density at radius 3 is 2.33 bits per heavy atom. The summed E-state index contributed by atoms with van der Waals surface area (Å²) in [5, 5.41) is -5.23. The lowest BCUT2D eigenvalue weighted by Crippen LogP contribution is -2.48. The van der Waals surface area contributed by atoms with E-state index in [1.165, 1.54) is 36.4 Å². The summed E-state index contributed by atoms with van der Waals surface area (Å²) in [6, 6.07) is 13.3. The van der Waals surface area contributed by atoms with Crippen LogP contribution >= 0.6 is 0 Å². The maximum absolute atomic E-state index is 13.5. The minimum absolute atomic E-state index is 0.146. The van der Waals surface area contributed by atoms with Gasteiger partial charge in [0.05, 0.1) is 5.56 Å². The number of alkyl halides is 2. The van der Waals surface area contributed by atoms with Gasteiger partial charge in [-0.2, -0.15) is 17.2 Å². The minimum Gasteiger partial charge on any atom is -0.455 e. The Hall–Kier alpha value is -3.95. The van der Waals surface area contributed by atoms with Crippen LogP contribution in [0.15, 0.2) is 54.6 Å². The number of ether oxygens (including phenoxy) is 5. The van der Waals surface area contributed by atoms with Gasteiger partial charge in [0, 0.05) is 5.56 Å². The molecule has 206 valence electrons. The molecule has 0 aliphatic carbocycles. The van der Waals surface area contributed by atoms with Crippen LogP contribution in [-0.2, 0) is 50.1 Å². The number of carbonyl (C=O) groups is 4. The monoisotopic (exact) mass is 568 g/mol. The van der Waals surface area contributed by atoms with Gasteiger partial charge in [-0.25, -0.2) is 9.59 Å². The zero-order valence-electron chi connectivity index (χ0n) is 19.5. The fraction of sp³-hybridized carbons (Fsp3) is 0.333. The van der Waals surface area contributed by atoms with Crippen LogP contribution in [-0.4, -0.2) is 66.5 Å². The van der Waals surface area contributed by atoms with Crippen LogP contribution in [0.4, 0.5) is 8.78 Å². The van der Waals surface area contributed by atoms with Crippen LogP contribution in [0, 0.1) is 11.8 Å². The van der Waals surface area contributed by atoms with Crippen molar-refractivity contribution >= 4 is 34.0 Å². The molecule has 15 heteroatoms. The average Bonchev–Trinajstić information content (AvgIpc) is 3.51. The zero-order valence-corrected chi connectivity index (χ0v) is 20.3. The van der Waals surface area contributed by atoms with Gasteiger partial charge in [-0.3, -0.25) is 14.1 Å². The maximum atomic E-state index is 13.5. The molecule has 3 heterocycles. The molecule has 3 fully saturated rings. The molecule has 0 aromatic heterocycles. The molecule has 6 unspecified atom stereocenters. The molecule has 1 N–H and O–H groups in total. The number of hydrogen-bond donors (Lipinski definition) is 1. The van der Waals surface area contributed by atoms with Crippen LogP contribution in [0.5, 0.6) is 5.75 Å². The van der Waals surface area contributed by atoms with Crippen molar-refractivity contribution in [3.8, 4) is 5.75 Å². The van der Waals surface area contributed by atoms with E-state index in [1.807, 2.05) is 0 Å². The topological polar surface area (TPSA) is 169 Å². The molecular formula is C24H18F2O12S. The van der Waals surface area contributed by atoms with Gasteiger partial charge in [-0.1, -0.05) is 36.4 Å². The summed E-state index contributed by atoms with van der Waals surface area (Å²) in [6.07, 6.45) is -4.18. The van der Waals surface area contributed by atoms with E-state index in [2.05, 4.69) is 4.74 Å². The van der Waals surface area contributed by atoms with Crippen molar-refractivity contribution in [2.24, 2.45) is 11.8 Å². The second-order valence-corrected chi connectivity index (χ2v) is 10.3. The highest BCUT2D eigenvalue weighted by molar-refractivity contribution is 7.87. The van der Waals surface area contributed by atoms with Crippen LogP contribution < -0.4 is 4.74 Å². The molecule has 0 spiro atoms. The van der Waals surface area contributed by atoms with Gasteiger partial charge in [0.1, 0.15) is 36.4 Å². The normalized spacial score (nSPS) is 27.1. The van der Waals surface area contributed by atoms with Crippen molar-refractivity contribution in [1.82, 2.24) is 0 Å². The van der Waals surface area contributed by atoms with Crippen molar-refractivity contribution in [3.05, 3.63) is 65.7 Å². The molecule has 39 heavy (non-hydrogen) atoms. The Kier molecular flexibility index (Phi) is 6.60. The van der Waals surface area contributed by atoms with Crippen molar-refractivity contribution in [1.29, 1.82) is 0 Å². The van der Waals surface area contributed by atoms with E-state index in [0.717, 1.165) is 0 Å². The molecule has 2 aromatic carbocycles. The molecule has 3 saturated heterocycles. The van der Waals surface area contributed by atoms with Crippen molar-refractivity contribution < 1.29 is 64.6 Å². The predicted octanol–water partition coefficient (Wildman–Crippen LogP) is 1.28. The Morgan fingerprint density at radius 2 is 1.64 bits per heavy atom. The van der Waals surface area contributed by atoms with E-state index in [0.29, 0.717) is 0 Å². The second-order valence-electron chi connectivity index (χ2n) is 8.85. The number of para-hydroxylation sites is 1. The smallest absolute Gasteiger partial charge is 0.455 e. The summed E-state index contributed by atoms with van der Waals surface area (Å²) in [5.41, 5.74) is -0.403. The first kappa shape index (κ1) is 26.6. The Bertz CT molecular complexity index is 1440. The fourth-order valence-corrected chi connectivity index (χ4v) is 5.05. The third-order valence-corrected chi connectivity index (χ3v) is 7.35. The lowest BCUT2D eigenvalue weighted by Gasteiger charge is -2.27. The highest BCUT2D eigenvalue weighted by Crippen LogP contribution is 2.51. The molecule has 3 aliphatic heterocycles. The molecule has 3 aliphatic rings. The Morgan fingerprint density at radius 1 is 0.974 bits per heavy atom. The van der Waals surface area contributed by atoms with Gasteiger partial charge in [-0.15, -0.1) is 0 Å². The lowest BCUT2D eigenvalue weighted by atomic mass is 9.78. The van der Waals surface area contributed by atoms with Gasteiger partial charge in [0.2, 0.25) is 0 Å². The summed E-state index contributed by atoms with van der Waals surface area (Å²) >= 11 is 0. The first-order valence-corrected chi connectivity index (χ1v) is 12.8. The van der Waals surface area contributed by atoms with E-state index < -0.39 is 82.1 Å². The number of esters is 4. The number of halogens is 2. The molecule has 2 bridgehead atoms. The highest BCUT2D eigenvalue weighted by Gasteiger charge is 2.72. The molecule has 0 radical (unpaired) electrons. The quantitative estimate of drug-likeness (QED) is 0.210. The number of hydrogen-bond acceptors (Lipinski definition) is 11. The summed E-state index contributed by atoms with van der Waals surface area (Å²) < 4.78 is 83.4. The largest absolute Gasteiger partial charge is 0.465 e. The van der Waals surface area contributed by atoms with E-state index in [9.17, 15) is 36.4 Å². The molecule has 0 amide bonds. The van der Waals surface area contributed by atoms with Crippen molar-refractivity contribution in [2.75, 3.05) is 0 Å². The van der Waals surface area contributed by atoms with Gasteiger partial charge in [0.25, 0.3) is 0 Å². The number of benzene rings is 2. The molecule has 12 nitrogen and oxygen atoms in total. The third kappa shape index (κ3) is 4.62. The Balaban J connectivity index is 1.32. The Labute approximate surface area is 218 Å². The molecule has 5 rings (SSSR count). The number of fused-ring (bicyclic) bond motifs is 1. The van der Waals surface area contributed by atoms with Gasteiger partial charge in [0.15, 0.2) is 12.2 Å². The fourth-order valence-electron chi connectivity index (χ4n) is 4.78. The summed E-state index contributed by atoms with van der Waals surface area (Å²) in [5.74, 6) is -6.99. The van der Waals surface area contributed by atoms with E-state index in [4.69, 9.17) is 23.5 Å². The highest BCUT2D eigenvalue weighted by atomic mass is 32.2. The van der Waals surface area contributed by atoms with E-state index >= 15 is 0 Å². The lowest BCUT2D eigenvalue weighted by molar-refractivity contribution is -0.162. The SMILES string of the molecule is O=C(OC1C2OC(=O)C3C2OC1C3C(=O)Oc1ccccc1)c1ccccc1COC(=O)C(F)(F)S(=O)(=O)O. The van der Waals surface area contributed by atoms with Crippen molar-refractivity contribution in [3.63, 3.8) is 0 Å². The number of rotatable bonds is 8. The van der Waals surface area contributed by atoms with E-state index in [1.54, 1.807) is 18.2 Å². The summed E-state index contributed by atoms with van der Waals surface area (Å²) in [6.45, 7) is -0.977. The van der Waals surface area contributed by atoms with Crippen molar-refractivity contribution in [2.45, 2.75) is 36.3 Å². The van der Waals surface area contributed by atoms with Crippen LogP contribution in [0.3, 0.4) is 0 Å². The summed E-state index contributed by atoms with van der Waals surface area (Å²) in [4.78, 5) is 50.1. The maximum Gasteiger partial charge on any atom is 0.465 e. The predicted molar refractivity (Wildman–Crippen MR) is 120 cm³/mol. The first-order chi connectivity index (χ1) is 18.4. The second kappa shape index (κ2) is 9.66. The van der Waals surface area contributed by atoms with Crippen LogP contribution in [0.2, 0.25) is 0 Å². The van der Waals surface area contributed by atoms with Gasteiger partial charge < -0.3 is 23.7 Å². The first-order valence-electron chi connectivity index (χ1n) is 11.3. The standard InChI is InChI=1S/C24H18F2O12S/c25-24(26,39(31,32)33)23(30)34-10-11-6-4-5-9-13(11)20(27)37-18-16-14(15-17(36-16)19(18)38-22(15)29)21(28)35-12-7-2-1-3-8-12/h1-9,14-19H,10H2,(H,31,32,33). The molecule has 0 saturated carbocycles. The summed E-state index contributed by atoms with van der Waals surface area (Å²) in [7, 11) is -6.09. The molecule has 2 aromatic rings. The molecular weight excluding hydrogens is 550 g/mol. The third-order valence-electron chi connectivity index (χ3n) is 6.54. The molecule has 6 atom stereocenters.